The van der Waals surface area contributed by atoms with Gasteiger partial charge in [-0.25, -0.2) is 4.98 Å². The maximum Gasteiger partial charge on any atom is 0.182 e. The summed E-state index contributed by atoms with van der Waals surface area (Å²) in [5, 5.41) is 10.7. The van der Waals surface area contributed by atoms with Gasteiger partial charge in [0, 0.05) is 16.5 Å². The molecule has 0 amide bonds. The van der Waals surface area contributed by atoms with E-state index >= 15 is 0 Å². The smallest absolute Gasteiger partial charge is 0.182 e. The van der Waals surface area contributed by atoms with Crippen molar-refractivity contribution < 1.29 is 0 Å². The predicted octanol–water partition coefficient (Wildman–Crippen LogP) is 4.73. The van der Waals surface area contributed by atoms with Crippen molar-refractivity contribution in [3.8, 4) is 22.5 Å². The third kappa shape index (κ3) is 2.27. The van der Waals surface area contributed by atoms with Crippen molar-refractivity contribution >= 4 is 21.7 Å². The highest BCUT2D eigenvalue weighted by Gasteiger charge is 2.11. The third-order valence-corrected chi connectivity index (χ3v) is 4.45. The molecule has 4 heteroatoms. The first-order valence-electron chi connectivity index (χ1n) is 7.05. The molecule has 0 bridgehead atoms. The zero-order chi connectivity index (χ0) is 14.9. The van der Waals surface area contributed by atoms with Crippen LogP contribution in [0.25, 0.3) is 32.9 Å². The molecular weight excluding hydrogens is 290 g/mol. The first-order valence-corrected chi connectivity index (χ1v) is 7.93. The van der Waals surface area contributed by atoms with Gasteiger partial charge >= 0.3 is 0 Å². The molecule has 0 fully saturated rings. The number of rotatable bonds is 2. The average molecular weight is 303 g/mol. The van der Waals surface area contributed by atoms with Gasteiger partial charge in [0.25, 0.3) is 0 Å². The minimum Gasteiger partial charge on any atom is -0.223 e. The lowest BCUT2D eigenvalue weighted by Gasteiger charge is -2.02. The number of hydrogen-bond donors (Lipinski definition) is 0. The van der Waals surface area contributed by atoms with Gasteiger partial charge in [0.05, 0.1) is 0 Å². The Morgan fingerprint density at radius 3 is 2.36 bits per heavy atom. The third-order valence-electron chi connectivity index (χ3n) is 3.59. The second kappa shape index (κ2) is 5.31. The fraction of sp³-hybridized carbons (Fsp3) is 0.0556. The van der Waals surface area contributed by atoms with E-state index in [0.29, 0.717) is 5.82 Å². The lowest BCUT2D eigenvalue weighted by Crippen LogP contribution is -1.92. The van der Waals surface area contributed by atoms with Gasteiger partial charge in [0.1, 0.15) is 5.52 Å². The molecular formula is C18H13N3S. The number of nitrogens with zero attached hydrogens (tertiary/aromatic N) is 3. The van der Waals surface area contributed by atoms with Crippen LogP contribution in [0.5, 0.6) is 0 Å². The summed E-state index contributed by atoms with van der Waals surface area (Å²) in [6.07, 6.45) is 0. The first kappa shape index (κ1) is 13.1. The van der Waals surface area contributed by atoms with Crippen LogP contribution in [0, 0.1) is 6.92 Å². The number of thiophene rings is 1. The Balaban J connectivity index is 1.88. The van der Waals surface area contributed by atoms with Gasteiger partial charge in [-0.1, -0.05) is 60.2 Å². The van der Waals surface area contributed by atoms with Crippen LogP contribution in [0.1, 0.15) is 5.56 Å². The normalized spacial score (nSPS) is 11.0. The van der Waals surface area contributed by atoms with Crippen LogP contribution in [-0.2, 0) is 0 Å². The van der Waals surface area contributed by atoms with E-state index in [1.54, 1.807) is 11.3 Å². The summed E-state index contributed by atoms with van der Waals surface area (Å²) in [5.41, 5.74) is 5.44. The molecule has 0 aliphatic carbocycles. The molecule has 22 heavy (non-hydrogen) atoms. The highest BCUT2D eigenvalue weighted by Crippen LogP contribution is 2.32. The zero-order valence-electron chi connectivity index (χ0n) is 12.0. The van der Waals surface area contributed by atoms with E-state index in [1.165, 1.54) is 5.56 Å². The molecule has 0 aliphatic heterocycles. The summed E-state index contributed by atoms with van der Waals surface area (Å²) in [5.74, 6) is 0.667. The van der Waals surface area contributed by atoms with Crippen LogP contribution in [0.2, 0.25) is 0 Å². The van der Waals surface area contributed by atoms with Crippen molar-refractivity contribution in [2.45, 2.75) is 6.92 Å². The Morgan fingerprint density at radius 1 is 0.818 bits per heavy atom. The number of benzene rings is 2. The van der Waals surface area contributed by atoms with Gasteiger partial charge in [0.15, 0.2) is 10.7 Å². The Bertz CT molecular complexity index is 928. The second-order valence-corrected chi connectivity index (χ2v) is 6.03. The predicted molar refractivity (Wildman–Crippen MR) is 90.8 cm³/mol. The lowest BCUT2D eigenvalue weighted by molar-refractivity contribution is 1.04. The molecule has 3 nitrogen and oxygen atoms in total. The number of aryl methyl sites for hydroxylation is 1. The molecule has 4 rings (SSSR count). The summed E-state index contributed by atoms with van der Waals surface area (Å²) in [6.45, 7) is 2.09. The molecule has 4 aromatic rings. The van der Waals surface area contributed by atoms with Crippen LogP contribution in [0.4, 0.5) is 0 Å². The molecule has 0 spiro atoms. The second-order valence-electron chi connectivity index (χ2n) is 5.17. The fourth-order valence-corrected chi connectivity index (χ4v) is 3.22. The Kier molecular flexibility index (Phi) is 3.16. The summed E-state index contributed by atoms with van der Waals surface area (Å²) in [6, 6.07) is 18.4. The SMILES string of the molecule is Cc1ccc(-c2csc3nnc(-c4ccccc4)nc23)cc1. The van der Waals surface area contributed by atoms with Crippen LogP contribution < -0.4 is 0 Å². The maximum atomic E-state index is 4.74. The van der Waals surface area contributed by atoms with E-state index in [0.717, 1.165) is 27.0 Å². The van der Waals surface area contributed by atoms with Crippen LogP contribution in [0.15, 0.2) is 60.0 Å². The molecule has 0 atom stereocenters. The lowest BCUT2D eigenvalue weighted by atomic mass is 10.1. The molecule has 0 saturated carbocycles. The van der Waals surface area contributed by atoms with Crippen molar-refractivity contribution in [3.05, 3.63) is 65.5 Å². The minimum atomic E-state index is 0.667. The highest BCUT2D eigenvalue weighted by atomic mass is 32.1. The Hall–Kier alpha value is -2.59. The van der Waals surface area contributed by atoms with E-state index in [2.05, 4.69) is 46.8 Å². The molecule has 2 aromatic heterocycles. The molecule has 0 radical (unpaired) electrons. The molecule has 0 unspecified atom stereocenters. The largest absolute Gasteiger partial charge is 0.223 e. The van der Waals surface area contributed by atoms with Gasteiger partial charge in [-0.15, -0.1) is 21.5 Å². The quantitative estimate of drug-likeness (QED) is 0.537. The van der Waals surface area contributed by atoms with Crippen molar-refractivity contribution in [2.24, 2.45) is 0 Å². The minimum absolute atomic E-state index is 0.667. The van der Waals surface area contributed by atoms with Crippen molar-refractivity contribution in [3.63, 3.8) is 0 Å². The van der Waals surface area contributed by atoms with E-state index in [4.69, 9.17) is 4.98 Å². The first-order chi connectivity index (χ1) is 10.8. The summed E-state index contributed by atoms with van der Waals surface area (Å²) in [4.78, 5) is 5.61. The summed E-state index contributed by atoms with van der Waals surface area (Å²) >= 11 is 1.58. The zero-order valence-corrected chi connectivity index (χ0v) is 12.8. The number of aromatic nitrogens is 3. The number of hydrogen-bond acceptors (Lipinski definition) is 4. The fourth-order valence-electron chi connectivity index (χ4n) is 2.39. The van der Waals surface area contributed by atoms with Gasteiger partial charge in [-0.2, -0.15) is 0 Å². The molecule has 2 heterocycles. The average Bonchev–Trinajstić information content (AvgIpc) is 2.99. The molecule has 0 saturated heterocycles. The summed E-state index contributed by atoms with van der Waals surface area (Å²) < 4.78 is 0. The topological polar surface area (TPSA) is 38.7 Å². The van der Waals surface area contributed by atoms with Crippen molar-refractivity contribution in [1.82, 2.24) is 15.2 Å². The van der Waals surface area contributed by atoms with Crippen LogP contribution in [-0.4, -0.2) is 15.2 Å². The molecule has 0 N–H and O–H groups in total. The maximum absolute atomic E-state index is 4.74. The van der Waals surface area contributed by atoms with E-state index in [1.807, 2.05) is 30.3 Å². The van der Waals surface area contributed by atoms with Gasteiger partial charge in [0.2, 0.25) is 0 Å². The highest BCUT2D eigenvalue weighted by molar-refractivity contribution is 7.17. The van der Waals surface area contributed by atoms with Gasteiger partial charge < -0.3 is 0 Å². The van der Waals surface area contributed by atoms with Gasteiger partial charge in [-0.3, -0.25) is 0 Å². The monoisotopic (exact) mass is 303 g/mol. The molecule has 106 valence electrons. The van der Waals surface area contributed by atoms with E-state index in [-0.39, 0.29) is 0 Å². The van der Waals surface area contributed by atoms with Crippen LogP contribution in [0.3, 0.4) is 0 Å². The summed E-state index contributed by atoms with van der Waals surface area (Å²) in [7, 11) is 0. The Labute approximate surface area is 132 Å². The standard InChI is InChI=1S/C18H13N3S/c1-12-7-9-13(10-8-12)15-11-22-18-16(15)19-17(20-21-18)14-5-3-2-4-6-14/h2-11H,1H3. The number of fused-ring (bicyclic) bond motifs is 1. The van der Waals surface area contributed by atoms with E-state index in [9.17, 15) is 0 Å². The van der Waals surface area contributed by atoms with Crippen LogP contribution >= 0.6 is 11.3 Å². The van der Waals surface area contributed by atoms with Gasteiger partial charge in [-0.05, 0) is 12.5 Å². The Morgan fingerprint density at radius 2 is 1.59 bits per heavy atom. The van der Waals surface area contributed by atoms with Crippen molar-refractivity contribution in [1.29, 1.82) is 0 Å². The molecule has 0 aliphatic rings. The van der Waals surface area contributed by atoms with Crippen molar-refractivity contribution in [2.75, 3.05) is 0 Å². The van der Waals surface area contributed by atoms with E-state index < -0.39 is 0 Å². The molecule has 2 aromatic carbocycles.